The van der Waals surface area contributed by atoms with Gasteiger partial charge in [-0.1, -0.05) is 30.7 Å². The van der Waals surface area contributed by atoms with Crippen molar-refractivity contribution < 1.29 is 9.90 Å². The second kappa shape index (κ2) is 4.28. The van der Waals surface area contributed by atoms with Crippen LogP contribution in [0.15, 0.2) is 18.2 Å². The molecule has 0 saturated heterocycles. The van der Waals surface area contributed by atoms with Crippen LogP contribution in [0.3, 0.4) is 0 Å². The van der Waals surface area contributed by atoms with E-state index in [1.54, 1.807) is 0 Å². The summed E-state index contributed by atoms with van der Waals surface area (Å²) in [6.07, 6.45) is 2.60. The van der Waals surface area contributed by atoms with Crippen LogP contribution in [-0.2, 0) is 11.2 Å². The van der Waals surface area contributed by atoms with Gasteiger partial charge in [0.2, 0.25) is 0 Å². The number of hydrogen-bond acceptors (Lipinski definition) is 1. The molecule has 1 aromatic carbocycles. The molecule has 0 saturated carbocycles. The second-order valence-electron chi connectivity index (χ2n) is 4.70. The van der Waals surface area contributed by atoms with Gasteiger partial charge in [0.05, 0.1) is 5.92 Å². The normalized spacial score (nSPS) is 23.9. The fourth-order valence-electron chi connectivity index (χ4n) is 2.82. The number of rotatable bonds is 2. The Morgan fingerprint density at radius 2 is 2.25 bits per heavy atom. The van der Waals surface area contributed by atoms with Crippen molar-refractivity contribution in [3.8, 4) is 0 Å². The minimum Gasteiger partial charge on any atom is -0.481 e. The van der Waals surface area contributed by atoms with E-state index in [9.17, 15) is 9.90 Å². The van der Waals surface area contributed by atoms with Gasteiger partial charge in [-0.25, -0.2) is 0 Å². The highest BCUT2D eigenvalue weighted by atomic mass is 16.4. The summed E-state index contributed by atoms with van der Waals surface area (Å²) in [7, 11) is 0. The standard InChI is InChI=1S/C14H18O2/c1-3-11-12(14(15)16)7-6-10-5-4-9(2)8-13(10)11/h4-5,8,11-12H,3,6-7H2,1-2H3,(H,15,16). The average Bonchev–Trinajstić information content (AvgIpc) is 2.27. The van der Waals surface area contributed by atoms with Crippen molar-refractivity contribution in [2.75, 3.05) is 0 Å². The predicted molar refractivity (Wildman–Crippen MR) is 63.7 cm³/mol. The molecule has 2 nitrogen and oxygen atoms in total. The van der Waals surface area contributed by atoms with Crippen molar-refractivity contribution in [2.24, 2.45) is 5.92 Å². The zero-order valence-electron chi connectivity index (χ0n) is 9.86. The van der Waals surface area contributed by atoms with Gasteiger partial charge in [0, 0.05) is 0 Å². The quantitative estimate of drug-likeness (QED) is 0.828. The van der Waals surface area contributed by atoms with E-state index in [0.29, 0.717) is 0 Å². The molecule has 2 heteroatoms. The summed E-state index contributed by atoms with van der Waals surface area (Å²) >= 11 is 0. The van der Waals surface area contributed by atoms with E-state index in [0.717, 1.165) is 19.3 Å². The summed E-state index contributed by atoms with van der Waals surface area (Å²) in [5.74, 6) is -0.639. The van der Waals surface area contributed by atoms with E-state index in [-0.39, 0.29) is 11.8 Å². The van der Waals surface area contributed by atoms with Gasteiger partial charge >= 0.3 is 5.97 Å². The summed E-state index contributed by atoms with van der Waals surface area (Å²) in [5, 5.41) is 9.23. The molecule has 0 heterocycles. The fraction of sp³-hybridized carbons (Fsp3) is 0.500. The highest BCUT2D eigenvalue weighted by Crippen LogP contribution is 2.38. The number of hydrogen-bond donors (Lipinski definition) is 1. The lowest BCUT2D eigenvalue weighted by Gasteiger charge is -2.30. The molecule has 16 heavy (non-hydrogen) atoms. The van der Waals surface area contributed by atoms with Gasteiger partial charge < -0.3 is 5.11 Å². The zero-order chi connectivity index (χ0) is 11.7. The van der Waals surface area contributed by atoms with Crippen molar-refractivity contribution in [3.05, 3.63) is 34.9 Å². The Kier molecular flexibility index (Phi) is 2.99. The van der Waals surface area contributed by atoms with E-state index in [2.05, 4.69) is 32.0 Å². The molecule has 0 bridgehead atoms. The molecule has 1 N–H and O–H groups in total. The highest BCUT2D eigenvalue weighted by molar-refractivity contribution is 5.72. The predicted octanol–water partition coefficient (Wildman–Crippen LogP) is 3.14. The number of carboxylic acid groups (broad SMARTS) is 1. The van der Waals surface area contributed by atoms with Crippen LogP contribution in [0, 0.1) is 12.8 Å². The Balaban J connectivity index is 2.43. The smallest absolute Gasteiger partial charge is 0.307 e. The lowest BCUT2D eigenvalue weighted by molar-refractivity contribution is -0.143. The monoisotopic (exact) mass is 218 g/mol. The van der Waals surface area contributed by atoms with E-state index in [1.807, 2.05) is 0 Å². The first kappa shape index (κ1) is 11.2. The molecule has 2 rings (SSSR count). The van der Waals surface area contributed by atoms with Gasteiger partial charge in [0.25, 0.3) is 0 Å². The molecule has 0 aliphatic heterocycles. The fourth-order valence-corrected chi connectivity index (χ4v) is 2.82. The van der Waals surface area contributed by atoms with Crippen LogP contribution in [0.4, 0.5) is 0 Å². The molecule has 1 aliphatic rings. The van der Waals surface area contributed by atoms with Crippen molar-refractivity contribution in [1.82, 2.24) is 0 Å². The minimum absolute atomic E-state index is 0.195. The molecule has 86 valence electrons. The molecular formula is C14H18O2. The van der Waals surface area contributed by atoms with E-state index >= 15 is 0 Å². The van der Waals surface area contributed by atoms with Gasteiger partial charge in [-0.05, 0) is 43.2 Å². The lowest BCUT2D eigenvalue weighted by Crippen LogP contribution is -2.27. The first-order valence-corrected chi connectivity index (χ1v) is 5.95. The Labute approximate surface area is 96.3 Å². The highest BCUT2D eigenvalue weighted by Gasteiger charge is 2.32. The number of carbonyl (C=O) groups is 1. The van der Waals surface area contributed by atoms with Crippen LogP contribution in [0.1, 0.15) is 42.4 Å². The minimum atomic E-state index is -0.640. The number of carboxylic acids is 1. The van der Waals surface area contributed by atoms with Crippen molar-refractivity contribution in [2.45, 2.75) is 39.0 Å². The van der Waals surface area contributed by atoms with Gasteiger partial charge in [0.1, 0.15) is 0 Å². The average molecular weight is 218 g/mol. The summed E-state index contributed by atoms with van der Waals surface area (Å²) in [6.45, 7) is 4.15. The lowest BCUT2D eigenvalue weighted by atomic mass is 9.73. The van der Waals surface area contributed by atoms with Gasteiger partial charge in [-0.15, -0.1) is 0 Å². The summed E-state index contributed by atoms with van der Waals surface area (Å²) in [4.78, 5) is 11.2. The van der Waals surface area contributed by atoms with Crippen LogP contribution in [0.5, 0.6) is 0 Å². The molecule has 1 aliphatic carbocycles. The van der Waals surface area contributed by atoms with Crippen molar-refractivity contribution >= 4 is 5.97 Å². The van der Waals surface area contributed by atoms with Gasteiger partial charge in [0.15, 0.2) is 0 Å². The Morgan fingerprint density at radius 3 is 2.88 bits per heavy atom. The molecular weight excluding hydrogens is 200 g/mol. The Morgan fingerprint density at radius 1 is 1.50 bits per heavy atom. The maximum Gasteiger partial charge on any atom is 0.307 e. The molecule has 0 aromatic heterocycles. The van der Waals surface area contributed by atoms with Crippen LogP contribution >= 0.6 is 0 Å². The Bertz CT molecular complexity index is 409. The zero-order valence-corrected chi connectivity index (χ0v) is 9.86. The van der Waals surface area contributed by atoms with Crippen LogP contribution in [-0.4, -0.2) is 11.1 Å². The maximum absolute atomic E-state index is 11.2. The number of aliphatic carboxylic acids is 1. The topological polar surface area (TPSA) is 37.3 Å². The Hall–Kier alpha value is -1.31. The second-order valence-corrected chi connectivity index (χ2v) is 4.70. The largest absolute Gasteiger partial charge is 0.481 e. The third-order valence-corrected chi connectivity index (χ3v) is 3.67. The number of fused-ring (bicyclic) bond motifs is 1. The van der Waals surface area contributed by atoms with Crippen LogP contribution < -0.4 is 0 Å². The third kappa shape index (κ3) is 1.84. The molecule has 2 unspecified atom stereocenters. The molecule has 0 fully saturated rings. The van der Waals surface area contributed by atoms with Crippen LogP contribution in [0.2, 0.25) is 0 Å². The molecule has 0 spiro atoms. The van der Waals surface area contributed by atoms with Crippen molar-refractivity contribution in [1.29, 1.82) is 0 Å². The van der Waals surface area contributed by atoms with E-state index in [4.69, 9.17) is 0 Å². The summed E-state index contributed by atoms with van der Waals surface area (Å²) in [6, 6.07) is 6.44. The van der Waals surface area contributed by atoms with E-state index < -0.39 is 5.97 Å². The van der Waals surface area contributed by atoms with E-state index in [1.165, 1.54) is 16.7 Å². The SMILES string of the molecule is CCC1c2cc(C)ccc2CCC1C(=O)O. The van der Waals surface area contributed by atoms with Gasteiger partial charge in [-0.3, -0.25) is 4.79 Å². The first-order valence-electron chi connectivity index (χ1n) is 5.95. The molecule has 2 atom stereocenters. The maximum atomic E-state index is 11.2. The number of benzene rings is 1. The van der Waals surface area contributed by atoms with Gasteiger partial charge in [-0.2, -0.15) is 0 Å². The summed E-state index contributed by atoms with van der Waals surface area (Å²) in [5.41, 5.74) is 3.83. The molecule has 1 aromatic rings. The third-order valence-electron chi connectivity index (χ3n) is 3.67. The molecule has 0 amide bonds. The first-order chi connectivity index (χ1) is 7.63. The van der Waals surface area contributed by atoms with Crippen LogP contribution in [0.25, 0.3) is 0 Å². The molecule has 0 radical (unpaired) electrons. The summed E-state index contributed by atoms with van der Waals surface area (Å²) < 4.78 is 0. The number of aryl methyl sites for hydroxylation is 2. The van der Waals surface area contributed by atoms with Crippen molar-refractivity contribution in [3.63, 3.8) is 0 Å².